The first kappa shape index (κ1) is 13.2. The van der Waals surface area contributed by atoms with Gasteiger partial charge in [0.05, 0.1) is 0 Å². The van der Waals surface area contributed by atoms with Crippen LogP contribution in [0.15, 0.2) is 54.7 Å². The normalized spacial score (nSPS) is 12.7. The van der Waals surface area contributed by atoms with E-state index in [4.69, 9.17) is 11.6 Å². The molecule has 0 aliphatic rings. The fraction of sp³-hybridized carbons (Fsp3) is 0.176. The Morgan fingerprint density at radius 3 is 2.85 bits per heavy atom. The Labute approximate surface area is 123 Å². The lowest BCUT2D eigenvalue weighted by atomic mass is 10.1. The van der Waals surface area contributed by atoms with Gasteiger partial charge in [0.15, 0.2) is 0 Å². The number of halogens is 1. The molecule has 0 amide bonds. The summed E-state index contributed by atoms with van der Waals surface area (Å²) in [4.78, 5) is 3.21. The van der Waals surface area contributed by atoms with Crippen molar-refractivity contribution in [3.8, 4) is 0 Å². The van der Waals surface area contributed by atoms with E-state index in [1.54, 1.807) is 0 Å². The van der Waals surface area contributed by atoms with Crippen molar-refractivity contribution in [3.63, 3.8) is 0 Å². The first-order valence-corrected chi connectivity index (χ1v) is 7.15. The van der Waals surface area contributed by atoms with Crippen molar-refractivity contribution < 1.29 is 0 Å². The molecule has 3 rings (SSSR count). The molecule has 0 fully saturated rings. The fourth-order valence-electron chi connectivity index (χ4n) is 2.42. The molecule has 0 saturated heterocycles. The molecular formula is C17H17ClN2. The third-order valence-electron chi connectivity index (χ3n) is 3.60. The Hall–Kier alpha value is -1.77. The van der Waals surface area contributed by atoms with Crippen LogP contribution in [0.25, 0.3) is 10.9 Å². The lowest BCUT2D eigenvalue weighted by molar-refractivity contribution is 0.575. The molecule has 0 saturated carbocycles. The first-order chi connectivity index (χ1) is 9.74. The maximum absolute atomic E-state index is 6.22. The van der Waals surface area contributed by atoms with Gasteiger partial charge in [-0.2, -0.15) is 0 Å². The average Bonchev–Trinajstić information content (AvgIpc) is 2.92. The van der Waals surface area contributed by atoms with E-state index in [9.17, 15) is 0 Å². The van der Waals surface area contributed by atoms with Crippen LogP contribution in [-0.4, -0.2) is 4.98 Å². The van der Waals surface area contributed by atoms with Crippen molar-refractivity contribution in [3.05, 3.63) is 70.9 Å². The van der Waals surface area contributed by atoms with Gasteiger partial charge in [-0.3, -0.25) is 0 Å². The second-order valence-corrected chi connectivity index (χ2v) is 5.43. The highest BCUT2D eigenvalue weighted by molar-refractivity contribution is 6.31. The zero-order valence-corrected chi connectivity index (χ0v) is 12.1. The van der Waals surface area contributed by atoms with Crippen molar-refractivity contribution in [2.75, 3.05) is 0 Å². The molecule has 3 aromatic rings. The number of nitrogens with one attached hydrogen (secondary N) is 2. The van der Waals surface area contributed by atoms with E-state index in [0.29, 0.717) is 0 Å². The van der Waals surface area contributed by atoms with E-state index < -0.39 is 0 Å². The number of fused-ring (bicyclic) bond motifs is 1. The number of rotatable bonds is 4. The third kappa shape index (κ3) is 2.72. The zero-order valence-electron chi connectivity index (χ0n) is 11.4. The Balaban J connectivity index is 1.71. The summed E-state index contributed by atoms with van der Waals surface area (Å²) in [5.74, 6) is 0. The summed E-state index contributed by atoms with van der Waals surface area (Å²) in [5, 5.41) is 5.58. The number of benzene rings is 2. The smallest absolute Gasteiger partial charge is 0.0454 e. The highest BCUT2D eigenvalue weighted by atomic mass is 35.5. The molecule has 0 spiro atoms. The van der Waals surface area contributed by atoms with Gasteiger partial charge in [0.1, 0.15) is 0 Å². The predicted octanol–water partition coefficient (Wildman–Crippen LogP) is 4.67. The molecule has 102 valence electrons. The summed E-state index contributed by atoms with van der Waals surface area (Å²) < 4.78 is 0. The molecule has 3 heteroatoms. The summed E-state index contributed by atoms with van der Waals surface area (Å²) in [7, 11) is 0. The molecular weight excluding hydrogens is 268 g/mol. The van der Waals surface area contributed by atoms with E-state index >= 15 is 0 Å². The van der Waals surface area contributed by atoms with Crippen LogP contribution in [-0.2, 0) is 6.54 Å². The second-order valence-electron chi connectivity index (χ2n) is 5.02. The number of aromatic amines is 1. The molecule has 0 aliphatic carbocycles. The van der Waals surface area contributed by atoms with E-state index in [-0.39, 0.29) is 6.04 Å². The van der Waals surface area contributed by atoms with Crippen LogP contribution in [0, 0.1) is 0 Å². The molecule has 2 N–H and O–H groups in total. The highest BCUT2D eigenvalue weighted by Crippen LogP contribution is 2.22. The van der Waals surface area contributed by atoms with Crippen molar-refractivity contribution >= 4 is 22.5 Å². The van der Waals surface area contributed by atoms with Gasteiger partial charge in [0.2, 0.25) is 0 Å². The Bertz CT molecular complexity index is 718. The number of H-pyrrole nitrogens is 1. The van der Waals surface area contributed by atoms with Crippen molar-refractivity contribution in [2.24, 2.45) is 0 Å². The Morgan fingerprint density at radius 2 is 2.00 bits per heavy atom. The molecule has 20 heavy (non-hydrogen) atoms. The van der Waals surface area contributed by atoms with Gasteiger partial charge < -0.3 is 10.3 Å². The summed E-state index contributed by atoms with van der Waals surface area (Å²) in [6, 6.07) is 16.8. The third-order valence-corrected chi connectivity index (χ3v) is 3.95. The minimum Gasteiger partial charge on any atom is -0.361 e. The molecule has 2 nitrogen and oxygen atoms in total. The Kier molecular flexibility index (Phi) is 3.77. The number of hydrogen-bond acceptors (Lipinski definition) is 1. The van der Waals surface area contributed by atoms with Crippen LogP contribution in [0.5, 0.6) is 0 Å². The standard InChI is InChI=1S/C17H17ClN2/c1-12(15-4-2-3-5-16(15)18)20-11-13-6-7-17-14(10-13)8-9-19-17/h2-10,12,19-20H,11H2,1H3/t12-/m1/s1. The minimum absolute atomic E-state index is 0.227. The van der Waals surface area contributed by atoms with Crippen LogP contribution >= 0.6 is 11.6 Å². The summed E-state index contributed by atoms with van der Waals surface area (Å²) in [5.41, 5.74) is 3.58. The maximum atomic E-state index is 6.22. The SMILES string of the molecule is C[C@@H](NCc1ccc2[nH]ccc2c1)c1ccccc1Cl. The maximum Gasteiger partial charge on any atom is 0.0454 e. The molecule has 0 unspecified atom stereocenters. The van der Waals surface area contributed by atoms with Gasteiger partial charge in [0.25, 0.3) is 0 Å². The van der Waals surface area contributed by atoms with E-state index in [2.05, 4.69) is 47.6 Å². The second kappa shape index (κ2) is 5.70. The van der Waals surface area contributed by atoms with Crippen LogP contribution in [0.4, 0.5) is 0 Å². The van der Waals surface area contributed by atoms with E-state index in [1.165, 1.54) is 16.5 Å². The van der Waals surface area contributed by atoms with Gasteiger partial charge >= 0.3 is 0 Å². The van der Waals surface area contributed by atoms with Crippen LogP contribution in [0.1, 0.15) is 24.1 Å². The molecule has 0 aliphatic heterocycles. The van der Waals surface area contributed by atoms with Gasteiger partial charge in [-0.05, 0) is 47.7 Å². The lowest BCUT2D eigenvalue weighted by Crippen LogP contribution is -2.18. The molecule has 0 radical (unpaired) electrons. The van der Waals surface area contributed by atoms with Crippen LogP contribution in [0.2, 0.25) is 5.02 Å². The zero-order chi connectivity index (χ0) is 13.9. The molecule has 1 aromatic heterocycles. The Morgan fingerprint density at radius 1 is 1.15 bits per heavy atom. The fourth-order valence-corrected chi connectivity index (χ4v) is 2.72. The van der Waals surface area contributed by atoms with Gasteiger partial charge in [-0.1, -0.05) is 35.9 Å². The molecule has 2 aromatic carbocycles. The largest absolute Gasteiger partial charge is 0.361 e. The van der Waals surface area contributed by atoms with Crippen LogP contribution < -0.4 is 5.32 Å². The summed E-state index contributed by atoms with van der Waals surface area (Å²) in [6.45, 7) is 2.96. The van der Waals surface area contributed by atoms with E-state index in [1.807, 2.05) is 24.4 Å². The van der Waals surface area contributed by atoms with Crippen LogP contribution in [0.3, 0.4) is 0 Å². The van der Waals surface area contributed by atoms with Crippen molar-refractivity contribution in [2.45, 2.75) is 19.5 Å². The number of aromatic nitrogens is 1. The monoisotopic (exact) mass is 284 g/mol. The van der Waals surface area contributed by atoms with E-state index in [0.717, 1.165) is 17.1 Å². The van der Waals surface area contributed by atoms with Gasteiger partial charge in [-0.15, -0.1) is 0 Å². The van der Waals surface area contributed by atoms with Crippen molar-refractivity contribution in [1.29, 1.82) is 0 Å². The lowest BCUT2D eigenvalue weighted by Gasteiger charge is -2.15. The first-order valence-electron chi connectivity index (χ1n) is 6.78. The average molecular weight is 285 g/mol. The summed E-state index contributed by atoms with van der Waals surface area (Å²) >= 11 is 6.22. The molecule has 1 atom stereocenters. The van der Waals surface area contributed by atoms with Gasteiger partial charge in [-0.25, -0.2) is 0 Å². The predicted molar refractivity (Wildman–Crippen MR) is 85.0 cm³/mol. The highest BCUT2D eigenvalue weighted by Gasteiger charge is 2.08. The number of hydrogen-bond donors (Lipinski definition) is 2. The van der Waals surface area contributed by atoms with Gasteiger partial charge in [0, 0.05) is 29.3 Å². The quantitative estimate of drug-likeness (QED) is 0.716. The molecule has 0 bridgehead atoms. The minimum atomic E-state index is 0.227. The topological polar surface area (TPSA) is 27.8 Å². The molecule has 1 heterocycles. The summed E-state index contributed by atoms with van der Waals surface area (Å²) in [6.07, 6.45) is 1.97. The van der Waals surface area contributed by atoms with Crippen molar-refractivity contribution in [1.82, 2.24) is 10.3 Å².